The highest BCUT2D eigenvalue weighted by Gasteiger charge is 2.23. The third-order valence-corrected chi connectivity index (χ3v) is 2.98. The molecule has 4 heteroatoms. The second-order valence-corrected chi connectivity index (χ2v) is 4.75. The monoisotopic (exact) mass is 239 g/mol. The fraction of sp³-hybridized carbons (Fsp3) is 0.692. The lowest BCUT2D eigenvalue weighted by Crippen LogP contribution is -2.35. The lowest BCUT2D eigenvalue weighted by atomic mass is 10.1. The Hall–Kier alpha value is -1.32. The quantitative estimate of drug-likeness (QED) is 0.669. The van der Waals surface area contributed by atoms with Crippen LogP contribution in [0.3, 0.4) is 0 Å². The van der Waals surface area contributed by atoms with E-state index < -0.39 is 5.97 Å². The van der Waals surface area contributed by atoms with Crippen molar-refractivity contribution in [2.75, 3.05) is 0 Å². The normalized spacial score (nSPS) is 17.6. The molecule has 0 unspecified atom stereocenters. The van der Waals surface area contributed by atoms with Gasteiger partial charge in [0.15, 0.2) is 0 Å². The van der Waals surface area contributed by atoms with Gasteiger partial charge < -0.3 is 10.4 Å². The molecule has 0 radical (unpaired) electrons. The Morgan fingerprint density at radius 2 is 2.12 bits per heavy atom. The van der Waals surface area contributed by atoms with E-state index in [1.165, 1.54) is 12.8 Å². The summed E-state index contributed by atoms with van der Waals surface area (Å²) in [5.41, 5.74) is 1.10. The minimum absolute atomic E-state index is 0.00407. The Labute approximate surface area is 102 Å². The molecular formula is C13H21NO3. The summed E-state index contributed by atoms with van der Waals surface area (Å²) in [5, 5.41) is 11.5. The Bertz CT molecular complexity index is 319. The van der Waals surface area contributed by atoms with E-state index in [1.54, 1.807) is 6.08 Å². The number of rotatable bonds is 7. The van der Waals surface area contributed by atoms with Gasteiger partial charge in [-0.3, -0.25) is 9.59 Å². The molecule has 0 aromatic heterocycles. The van der Waals surface area contributed by atoms with Gasteiger partial charge in [-0.15, -0.1) is 0 Å². The summed E-state index contributed by atoms with van der Waals surface area (Å²) in [4.78, 5) is 22.3. The Morgan fingerprint density at radius 1 is 1.47 bits per heavy atom. The lowest BCUT2D eigenvalue weighted by molar-refractivity contribution is -0.137. The molecule has 0 aromatic rings. The van der Waals surface area contributed by atoms with Crippen LogP contribution in [0.15, 0.2) is 11.6 Å². The van der Waals surface area contributed by atoms with Gasteiger partial charge in [0, 0.05) is 12.1 Å². The standard InChI is InChI=1S/C13H21NO3/c1-3-4-11(8-13(16)17)14-12(15)7-9(2)10-5-6-10/h7,10-11H,3-6,8H2,1-2H3,(H,14,15)(H,16,17)/b9-7+/t11-/m1/s1. The molecule has 0 aromatic carbocycles. The molecular weight excluding hydrogens is 218 g/mol. The van der Waals surface area contributed by atoms with Crippen LogP contribution < -0.4 is 5.32 Å². The third-order valence-electron chi connectivity index (χ3n) is 2.98. The van der Waals surface area contributed by atoms with E-state index in [2.05, 4.69) is 5.32 Å². The molecule has 1 aliphatic carbocycles. The third kappa shape index (κ3) is 5.52. The zero-order valence-electron chi connectivity index (χ0n) is 10.5. The number of nitrogens with one attached hydrogen (secondary N) is 1. The van der Waals surface area contributed by atoms with E-state index in [1.807, 2.05) is 13.8 Å². The number of carbonyl (C=O) groups excluding carboxylic acids is 1. The second-order valence-electron chi connectivity index (χ2n) is 4.75. The first-order valence-corrected chi connectivity index (χ1v) is 6.23. The van der Waals surface area contributed by atoms with E-state index in [0.29, 0.717) is 12.3 Å². The first kappa shape index (κ1) is 13.7. The highest BCUT2D eigenvalue weighted by molar-refractivity contribution is 5.88. The van der Waals surface area contributed by atoms with Crippen LogP contribution in [-0.2, 0) is 9.59 Å². The number of carboxylic acid groups (broad SMARTS) is 1. The van der Waals surface area contributed by atoms with Gasteiger partial charge in [-0.1, -0.05) is 18.9 Å². The van der Waals surface area contributed by atoms with Crippen molar-refractivity contribution >= 4 is 11.9 Å². The topological polar surface area (TPSA) is 66.4 Å². The fourth-order valence-corrected chi connectivity index (χ4v) is 1.89. The highest BCUT2D eigenvalue weighted by Crippen LogP contribution is 2.35. The van der Waals surface area contributed by atoms with Crippen LogP contribution in [0.25, 0.3) is 0 Å². The number of amides is 1. The Kier molecular flexibility index (Phi) is 5.19. The first-order valence-electron chi connectivity index (χ1n) is 6.23. The molecule has 17 heavy (non-hydrogen) atoms. The molecule has 0 aliphatic heterocycles. The van der Waals surface area contributed by atoms with Crippen molar-refractivity contribution < 1.29 is 14.7 Å². The van der Waals surface area contributed by atoms with Crippen LogP contribution in [0, 0.1) is 5.92 Å². The summed E-state index contributed by atoms with van der Waals surface area (Å²) in [6.45, 7) is 3.94. The van der Waals surface area contributed by atoms with Crippen molar-refractivity contribution in [2.24, 2.45) is 5.92 Å². The maximum absolute atomic E-state index is 11.7. The van der Waals surface area contributed by atoms with Crippen molar-refractivity contribution in [3.8, 4) is 0 Å². The minimum Gasteiger partial charge on any atom is -0.481 e. The van der Waals surface area contributed by atoms with Gasteiger partial charge in [-0.25, -0.2) is 0 Å². The number of allylic oxidation sites excluding steroid dienone is 1. The molecule has 1 aliphatic rings. The van der Waals surface area contributed by atoms with Crippen LogP contribution in [0.2, 0.25) is 0 Å². The largest absolute Gasteiger partial charge is 0.481 e. The van der Waals surface area contributed by atoms with Crippen LogP contribution in [-0.4, -0.2) is 23.0 Å². The number of aliphatic carboxylic acids is 1. The van der Waals surface area contributed by atoms with E-state index >= 15 is 0 Å². The predicted molar refractivity (Wildman–Crippen MR) is 65.6 cm³/mol. The van der Waals surface area contributed by atoms with Crippen LogP contribution >= 0.6 is 0 Å². The molecule has 0 heterocycles. The molecule has 2 N–H and O–H groups in total. The molecule has 0 spiro atoms. The first-order chi connectivity index (χ1) is 8.02. The molecule has 96 valence electrons. The maximum Gasteiger partial charge on any atom is 0.305 e. The van der Waals surface area contributed by atoms with Gasteiger partial charge >= 0.3 is 5.97 Å². The van der Waals surface area contributed by atoms with Gasteiger partial charge in [0.25, 0.3) is 0 Å². The van der Waals surface area contributed by atoms with E-state index in [0.717, 1.165) is 12.0 Å². The van der Waals surface area contributed by atoms with Crippen molar-refractivity contribution in [1.29, 1.82) is 0 Å². The molecule has 1 amide bonds. The summed E-state index contributed by atoms with van der Waals surface area (Å²) in [6, 6.07) is -0.256. The van der Waals surface area contributed by atoms with Crippen molar-refractivity contribution in [3.05, 3.63) is 11.6 Å². The zero-order chi connectivity index (χ0) is 12.8. The summed E-state index contributed by atoms with van der Waals surface area (Å²) >= 11 is 0. The molecule has 1 atom stereocenters. The summed E-state index contributed by atoms with van der Waals surface area (Å²) < 4.78 is 0. The van der Waals surface area contributed by atoms with E-state index in [9.17, 15) is 9.59 Å². The molecule has 1 rings (SSSR count). The Balaban J connectivity index is 2.44. The predicted octanol–water partition coefficient (Wildman–Crippen LogP) is 2.10. The van der Waals surface area contributed by atoms with Crippen LogP contribution in [0.4, 0.5) is 0 Å². The van der Waals surface area contributed by atoms with Crippen molar-refractivity contribution in [3.63, 3.8) is 0 Å². The Morgan fingerprint density at radius 3 is 2.59 bits per heavy atom. The zero-order valence-corrected chi connectivity index (χ0v) is 10.5. The van der Waals surface area contributed by atoms with E-state index in [-0.39, 0.29) is 18.4 Å². The molecule has 1 fully saturated rings. The minimum atomic E-state index is -0.869. The fourth-order valence-electron chi connectivity index (χ4n) is 1.89. The average molecular weight is 239 g/mol. The number of carbonyl (C=O) groups is 2. The molecule has 0 saturated heterocycles. The van der Waals surface area contributed by atoms with E-state index in [4.69, 9.17) is 5.11 Å². The summed E-state index contributed by atoms with van der Waals surface area (Å²) in [5.74, 6) is -0.453. The second kappa shape index (κ2) is 6.42. The van der Waals surface area contributed by atoms with Gasteiger partial charge in [-0.05, 0) is 32.1 Å². The highest BCUT2D eigenvalue weighted by atomic mass is 16.4. The number of hydrogen-bond donors (Lipinski definition) is 2. The lowest BCUT2D eigenvalue weighted by Gasteiger charge is -2.14. The van der Waals surface area contributed by atoms with Gasteiger partial charge in [-0.2, -0.15) is 0 Å². The van der Waals surface area contributed by atoms with Crippen molar-refractivity contribution in [2.45, 2.75) is 52.0 Å². The SMILES string of the molecule is CCC[C@H](CC(=O)O)NC(=O)/C=C(\C)C1CC1. The van der Waals surface area contributed by atoms with Gasteiger partial charge in [0.2, 0.25) is 5.91 Å². The molecule has 0 bridgehead atoms. The summed E-state index contributed by atoms with van der Waals surface area (Å²) in [6.07, 6.45) is 5.52. The van der Waals surface area contributed by atoms with Gasteiger partial charge in [0.1, 0.15) is 0 Å². The number of carboxylic acids is 1. The van der Waals surface area contributed by atoms with Crippen LogP contribution in [0.5, 0.6) is 0 Å². The average Bonchev–Trinajstić information content (AvgIpc) is 2.99. The maximum atomic E-state index is 11.7. The summed E-state index contributed by atoms with van der Waals surface area (Å²) in [7, 11) is 0. The van der Waals surface area contributed by atoms with Crippen molar-refractivity contribution in [1.82, 2.24) is 5.32 Å². The molecule has 1 saturated carbocycles. The van der Waals surface area contributed by atoms with Gasteiger partial charge in [0.05, 0.1) is 6.42 Å². The van der Waals surface area contributed by atoms with Crippen LogP contribution in [0.1, 0.15) is 46.0 Å². The smallest absolute Gasteiger partial charge is 0.305 e. The number of hydrogen-bond acceptors (Lipinski definition) is 2. The molecule has 4 nitrogen and oxygen atoms in total.